The van der Waals surface area contributed by atoms with Crippen LogP contribution < -0.4 is 25.3 Å². The van der Waals surface area contributed by atoms with E-state index in [9.17, 15) is 28.0 Å². The molecule has 0 spiro atoms. The second kappa shape index (κ2) is 18.7. The SMILES string of the molecule is Cc1cc2c(cc1C(=O)N(C(C)C)[C@@H]1CC[C@H](CCO[Si](c3ccccc3)(c3ccccc3)C(C)(C)C)N(C(=O)OC(C)(C)C)C1)N(CCNC(=O)C(F)F)C(=O)C(C)(C)O2. The minimum absolute atomic E-state index is 0.115. The van der Waals surface area contributed by atoms with Gasteiger partial charge in [-0.1, -0.05) is 81.4 Å². The zero-order chi connectivity index (χ0) is 45.1. The van der Waals surface area contributed by atoms with E-state index in [1.807, 2.05) is 46.8 Å². The van der Waals surface area contributed by atoms with Gasteiger partial charge in [0.15, 0.2) is 5.60 Å². The number of halogens is 2. The summed E-state index contributed by atoms with van der Waals surface area (Å²) in [6.45, 7) is 21.4. The van der Waals surface area contributed by atoms with Crippen LogP contribution in [0.3, 0.4) is 0 Å². The number of aryl methyl sites for hydroxylation is 1. The summed E-state index contributed by atoms with van der Waals surface area (Å²) in [5.41, 5.74) is -0.793. The van der Waals surface area contributed by atoms with Crippen LogP contribution in [0.15, 0.2) is 72.8 Å². The molecule has 0 aromatic heterocycles. The maximum absolute atomic E-state index is 14.8. The topological polar surface area (TPSA) is 118 Å². The molecule has 1 saturated heterocycles. The van der Waals surface area contributed by atoms with Crippen LogP contribution >= 0.6 is 0 Å². The normalized spacial score (nSPS) is 18.1. The Morgan fingerprint density at radius 2 is 1.54 bits per heavy atom. The summed E-state index contributed by atoms with van der Waals surface area (Å²) in [6.07, 6.45) is -1.87. The van der Waals surface area contributed by atoms with Gasteiger partial charge in [-0.15, -0.1) is 0 Å². The van der Waals surface area contributed by atoms with Gasteiger partial charge < -0.3 is 33.9 Å². The van der Waals surface area contributed by atoms with Crippen molar-refractivity contribution in [3.05, 3.63) is 83.9 Å². The van der Waals surface area contributed by atoms with Crippen molar-refractivity contribution in [2.24, 2.45) is 0 Å². The summed E-state index contributed by atoms with van der Waals surface area (Å²) in [5.74, 6) is -1.82. The number of anilines is 1. The average Bonchev–Trinajstić information content (AvgIpc) is 3.17. The molecular weight excluding hydrogens is 799 g/mol. The molecule has 0 radical (unpaired) electrons. The van der Waals surface area contributed by atoms with Crippen LogP contribution in [0, 0.1) is 6.92 Å². The lowest BCUT2D eigenvalue weighted by Gasteiger charge is -2.46. The van der Waals surface area contributed by atoms with Gasteiger partial charge in [-0.3, -0.25) is 14.4 Å². The predicted octanol–water partition coefficient (Wildman–Crippen LogP) is 7.47. The third-order valence-electron chi connectivity index (χ3n) is 11.5. The van der Waals surface area contributed by atoms with E-state index in [0.29, 0.717) is 48.4 Å². The molecule has 0 unspecified atom stereocenters. The van der Waals surface area contributed by atoms with Crippen molar-refractivity contribution in [3.63, 3.8) is 0 Å². The van der Waals surface area contributed by atoms with E-state index in [-0.39, 0.29) is 48.7 Å². The van der Waals surface area contributed by atoms with Gasteiger partial charge in [0.1, 0.15) is 11.4 Å². The van der Waals surface area contributed by atoms with Crippen molar-refractivity contribution in [2.75, 3.05) is 31.1 Å². The molecule has 0 bridgehead atoms. The van der Waals surface area contributed by atoms with Crippen LogP contribution in [0.25, 0.3) is 0 Å². The third kappa shape index (κ3) is 10.5. The number of likely N-dealkylation sites (tertiary alicyclic amines) is 1. The number of nitrogens with one attached hydrogen (secondary N) is 1. The smallest absolute Gasteiger partial charge is 0.410 e. The van der Waals surface area contributed by atoms with Gasteiger partial charge in [0.05, 0.1) is 11.7 Å². The highest BCUT2D eigenvalue weighted by Gasteiger charge is 2.50. The molecule has 3 aromatic rings. The summed E-state index contributed by atoms with van der Waals surface area (Å²) in [5, 5.41) is 4.28. The first-order chi connectivity index (χ1) is 28.5. The Bertz CT molecular complexity index is 2000. The molecule has 2 aliphatic heterocycles. The van der Waals surface area contributed by atoms with Crippen LogP contribution in [0.4, 0.5) is 19.3 Å². The van der Waals surface area contributed by atoms with Crippen LogP contribution in [0.5, 0.6) is 5.75 Å². The lowest BCUT2D eigenvalue weighted by Crippen LogP contribution is -2.66. The molecule has 2 atom stereocenters. The molecule has 332 valence electrons. The Balaban J connectivity index is 1.43. The largest absolute Gasteiger partial charge is 0.476 e. The Labute approximate surface area is 361 Å². The monoisotopic (exact) mass is 862 g/mol. The van der Waals surface area contributed by atoms with Gasteiger partial charge in [-0.2, -0.15) is 8.78 Å². The fourth-order valence-electron chi connectivity index (χ4n) is 8.69. The van der Waals surface area contributed by atoms with Gasteiger partial charge in [-0.05, 0) is 108 Å². The summed E-state index contributed by atoms with van der Waals surface area (Å²) >= 11 is 0. The Hall–Kier alpha value is -4.82. The molecule has 11 nitrogen and oxygen atoms in total. The Morgan fingerprint density at radius 3 is 2.07 bits per heavy atom. The number of carbonyl (C=O) groups excluding carboxylic acids is 4. The van der Waals surface area contributed by atoms with Gasteiger partial charge >= 0.3 is 12.5 Å². The first-order valence-electron chi connectivity index (χ1n) is 21.3. The average molecular weight is 863 g/mol. The zero-order valence-corrected chi connectivity index (χ0v) is 38.6. The van der Waals surface area contributed by atoms with E-state index in [0.717, 1.165) is 0 Å². The van der Waals surface area contributed by atoms with E-state index in [1.54, 1.807) is 42.7 Å². The fourth-order valence-corrected chi connectivity index (χ4v) is 13.3. The minimum atomic E-state index is -3.19. The molecule has 3 aromatic carbocycles. The molecule has 14 heteroatoms. The Kier molecular flexibility index (Phi) is 14.4. The fraction of sp³-hybridized carbons (Fsp3) is 0.532. The number of piperidine rings is 1. The number of benzene rings is 3. The standard InChI is InChI=1S/C47H64F2N4O7Si/c1-31(2)53(42(55)37-29-38-39(28-32(37)3)59-47(10,11)43(56)51(38)26-25-50-41(54)40(48)49)34-23-22-33(52(30-34)44(57)60-45(4,5)6)24-27-58-61(46(7,8)9,35-18-14-12-15-19-35)36-20-16-13-17-21-36/h12-21,28-29,31,33-34,40H,22-27,30H2,1-11H3,(H,50,54)/t33-,34-/m1/s1. The van der Waals surface area contributed by atoms with Crippen molar-refractivity contribution in [3.8, 4) is 5.75 Å². The number of nitrogens with zero attached hydrogens (tertiary/aromatic N) is 3. The van der Waals surface area contributed by atoms with Gasteiger partial charge in [-0.25, -0.2) is 4.79 Å². The minimum Gasteiger partial charge on any atom is -0.476 e. The lowest BCUT2D eigenvalue weighted by molar-refractivity contribution is -0.133. The van der Waals surface area contributed by atoms with Crippen LogP contribution in [0.1, 0.15) is 104 Å². The third-order valence-corrected chi connectivity index (χ3v) is 16.5. The molecule has 5 rings (SSSR count). The first kappa shape index (κ1) is 47.2. The lowest BCUT2D eigenvalue weighted by atomic mass is 9.93. The molecule has 2 heterocycles. The maximum atomic E-state index is 14.8. The zero-order valence-electron chi connectivity index (χ0n) is 37.6. The number of rotatable bonds is 13. The molecule has 0 saturated carbocycles. The highest BCUT2D eigenvalue weighted by Crippen LogP contribution is 2.41. The molecule has 61 heavy (non-hydrogen) atoms. The molecule has 1 N–H and O–H groups in total. The number of alkyl halides is 2. The summed E-state index contributed by atoms with van der Waals surface area (Å²) < 4.78 is 45.2. The van der Waals surface area contributed by atoms with E-state index in [1.165, 1.54) is 15.3 Å². The van der Waals surface area contributed by atoms with Crippen molar-refractivity contribution in [1.29, 1.82) is 0 Å². The number of carbonyl (C=O) groups is 4. The molecule has 1 fully saturated rings. The Morgan fingerprint density at radius 1 is 0.951 bits per heavy atom. The van der Waals surface area contributed by atoms with E-state index < -0.39 is 43.9 Å². The van der Waals surface area contributed by atoms with Crippen LogP contribution in [-0.4, -0.2) is 104 Å². The number of hydrogen-bond acceptors (Lipinski definition) is 7. The molecule has 2 aliphatic rings. The summed E-state index contributed by atoms with van der Waals surface area (Å²) in [4.78, 5) is 59.1. The highest BCUT2D eigenvalue weighted by atomic mass is 28.4. The molecular formula is C47H64F2N4O7Si. The summed E-state index contributed by atoms with van der Waals surface area (Å²) in [7, 11) is -2.84. The number of hydrogen-bond donors (Lipinski definition) is 1. The number of ether oxygens (including phenoxy) is 2. The summed E-state index contributed by atoms with van der Waals surface area (Å²) in [6, 6.07) is 23.3. The van der Waals surface area contributed by atoms with Crippen molar-refractivity contribution in [2.45, 2.75) is 136 Å². The quantitative estimate of drug-likeness (QED) is 0.177. The van der Waals surface area contributed by atoms with Gasteiger partial charge in [0, 0.05) is 43.9 Å². The van der Waals surface area contributed by atoms with Gasteiger partial charge in [0.25, 0.3) is 26.0 Å². The second-order valence-electron chi connectivity index (χ2n) is 18.9. The van der Waals surface area contributed by atoms with Crippen LogP contribution in [0.2, 0.25) is 5.04 Å². The van der Waals surface area contributed by atoms with E-state index >= 15 is 0 Å². The predicted molar refractivity (Wildman–Crippen MR) is 236 cm³/mol. The highest BCUT2D eigenvalue weighted by molar-refractivity contribution is 6.99. The van der Waals surface area contributed by atoms with Crippen molar-refractivity contribution in [1.82, 2.24) is 15.1 Å². The molecule has 0 aliphatic carbocycles. The van der Waals surface area contributed by atoms with Crippen LogP contribution in [-0.2, 0) is 18.8 Å². The van der Waals surface area contributed by atoms with Gasteiger partial charge in [0.2, 0.25) is 0 Å². The maximum Gasteiger partial charge on any atom is 0.410 e. The second-order valence-corrected chi connectivity index (χ2v) is 23.2. The first-order valence-corrected chi connectivity index (χ1v) is 23.2. The van der Waals surface area contributed by atoms with E-state index in [2.05, 4.69) is 74.6 Å². The van der Waals surface area contributed by atoms with Crippen molar-refractivity contribution < 1.29 is 41.9 Å². The number of fused-ring (bicyclic) bond motifs is 1. The van der Waals surface area contributed by atoms with Crippen molar-refractivity contribution >= 4 is 48.2 Å². The molecule has 4 amide bonds. The van der Waals surface area contributed by atoms with E-state index in [4.69, 9.17) is 13.9 Å². The number of amides is 4.